The van der Waals surface area contributed by atoms with Gasteiger partial charge in [0.05, 0.1) is 0 Å². The summed E-state index contributed by atoms with van der Waals surface area (Å²) in [6.07, 6.45) is 3.93. The summed E-state index contributed by atoms with van der Waals surface area (Å²) in [6.45, 7) is 4.64. The number of thioether (sulfide) groups is 1. The summed E-state index contributed by atoms with van der Waals surface area (Å²) in [6, 6.07) is 8.94. The van der Waals surface area contributed by atoms with E-state index in [2.05, 4.69) is 29.2 Å². The lowest BCUT2D eigenvalue weighted by Gasteiger charge is -2.34. The van der Waals surface area contributed by atoms with Gasteiger partial charge in [-0.2, -0.15) is 0 Å². The van der Waals surface area contributed by atoms with Crippen LogP contribution in [0.1, 0.15) is 30.7 Å². The van der Waals surface area contributed by atoms with Crippen molar-refractivity contribution in [2.75, 3.05) is 31.9 Å². The third-order valence-corrected chi connectivity index (χ3v) is 5.71. The second-order valence-corrected chi connectivity index (χ2v) is 6.95. The summed E-state index contributed by atoms with van der Waals surface area (Å²) < 4.78 is 0. The van der Waals surface area contributed by atoms with Crippen molar-refractivity contribution < 1.29 is 0 Å². The van der Waals surface area contributed by atoms with E-state index in [1.807, 2.05) is 11.8 Å². The van der Waals surface area contributed by atoms with Crippen LogP contribution in [0.15, 0.2) is 29.2 Å². The lowest BCUT2D eigenvalue weighted by molar-refractivity contribution is 0.164. The molecule has 2 nitrogen and oxygen atoms in total. The maximum Gasteiger partial charge on any atom is 0.0108 e. The Morgan fingerprint density at radius 3 is 3.11 bits per heavy atom. The van der Waals surface area contributed by atoms with Gasteiger partial charge in [-0.3, -0.25) is 0 Å². The van der Waals surface area contributed by atoms with Crippen molar-refractivity contribution in [2.45, 2.75) is 30.1 Å². The van der Waals surface area contributed by atoms with Crippen molar-refractivity contribution in [3.63, 3.8) is 0 Å². The highest BCUT2D eigenvalue weighted by atomic mass is 32.2. The van der Waals surface area contributed by atoms with Gasteiger partial charge in [-0.05, 0) is 49.9 Å². The average Bonchev–Trinajstić information content (AvgIpc) is 2.83. The van der Waals surface area contributed by atoms with E-state index in [0.717, 1.165) is 18.4 Å². The molecule has 1 saturated heterocycles. The number of nitrogens with zero attached hydrogens (tertiary/aromatic N) is 1. The molecule has 0 aromatic heterocycles. The van der Waals surface area contributed by atoms with Crippen molar-refractivity contribution >= 4 is 11.8 Å². The Labute approximate surface area is 120 Å². The van der Waals surface area contributed by atoms with Crippen LogP contribution in [0.5, 0.6) is 0 Å². The Morgan fingerprint density at radius 1 is 1.32 bits per heavy atom. The van der Waals surface area contributed by atoms with Gasteiger partial charge in [0.2, 0.25) is 0 Å². The molecular weight excluding hydrogens is 252 g/mol. The number of nitrogens with two attached hydrogens (primary N) is 1. The molecule has 0 radical (unpaired) electrons. The Balaban J connectivity index is 1.60. The lowest BCUT2D eigenvalue weighted by atomic mass is 9.93. The van der Waals surface area contributed by atoms with E-state index < -0.39 is 0 Å². The van der Waals surface area contributed by atoms with E-state index in [1.54, 1.807) is 5.56 Å². The van der Waals surface area contributed by atoms with Gasteiger partial charge < -0.3 is 10.6 Å². The number of likely N-dealkylation sites (tertiary alicyclic amines) is 1. The Hall–Kier alpha value is -0.510. The van der Waals surface area contributed by atoms with Crippen LogP contribution in [0.2, 0.25) is 0 Å². The van der Waals surface area contributed by atoms with Gasteiger partial charge in [0.15, 0.2) is 0 Å². The van der Waals surface area contributed by atoms with Crippen LogP contribution in [-0.2, 0) is 0 Å². The van der Waals surface area contributed by atoms with Crippen molar-refractivity contribution in [1.29, 1.82) is 0 Å². The molecule has 3 rings (SSSR count). The van der Waals surface area contributed by atoms with Crippen LogP contribution in [-0.4, -0.2) is 36.8 Å². The zero-order valence-electron chi connectivity index (χ0n) is 11.6. The highest BCUT2D eigenvalue weighted by Gasteiger charge is 2.27. The lowest BCUT2D eigenvalue weighted by Crippen LogP contribution is -2.38. The summed E-state index contributed by atoms with van der Waals surface area (Å²) in [5.41, 5.74) is 7.29. The molecular formula is C16H24N2S. The standard InChI is InChI=1S/C16H24N2S/c17-8-7-13-4-3-9-18(10-13)11-14-12-19-16-6-2-1-5-15(14)16/h1-2,5-6,13-14H,3-4,7-12,17H2. The summed E-state index contributed by atoms with van der Waals surface area (Å²) in [7, 11) is 0. The van der Waals surface area contributed by atoms with Gasteiger partial charge in [-0.25, -0.2) is 0 Å². The van der Waals surface area contributed by atoms with Gasteiger partial charge >= 0.3 is 0 Å². The minimum absolute atomic E-state index is 0.734. The Morgan fingerprint density at radius 2 is 2.21 bits per heavy atom. The molecule has 1 fully saturated rings. The SMILES string of the molecule is NCCC1CCCN(CC2CSc3ccccc32)C1. The molecule has 2 atom stereocenters. The summed E-state index contributed by atoms with van der Waals surface area (Å²) in [4.78, 5) is 4.18. The normalized spacial score (nSPS) is 27.4. The van der Waals surface area contributed by atoms with Crippen molar-refractivity contribution in [1.82, 2.24) is 4.90 Å². The molecule has 2 aliphatic rings. The largest absolute Gasteiger partial charge is 0.330 e. The fourth-order valence-corrected chi connectivity index (χ4v) is 4.72. The van der Waals surface area contributed by atoms with Gasteiger partial charge in [-0.1, -0.05) is 18.2 Å². The first-order chi connectivity index (χ1) is 9.36. The number of rotatable bonds is 4. The minimum atomic E-state index is 0.734. The second-order valence-electron chi connectivity index (χ2n) is 5.89. The summed E-state index contributed by atoms with van der Waals surface area (Å²) >= 11 is 2.03. The molecule has 0 amide bonds. The molecule has 0 bridgehead atoms. The average molecular weight is 276 g/mol. The fourth-order valence-electron chi connectivity index (χ4n) is 3.48. The number of piperidine rings is 1. The molecule has 2 N–H and O–H groups in total. The Kier molecular flexibility index (Phi) is 4.46. The zero-order chi connectivity index (χ0) is 13.1. The smallest absolute Gasteiger partial charge is 0.0108 e. The van der Waals surface area contributed by atoms with E-state index in [0.29, 0.717) is 0 Å². The molecule has 1 aromatic carbocycles. The van der Waals surface area contributed by atoms with Gasteiger partial charge in [0.25, 0.3) is 0 Å². The van der Waals surface area contributed by atoms with Crippen LogP contribution in [0.3, 0.4) is 0 Å². The zero-order valence-corrected chi connectivity index (χ0v) is 12.4. The first-order valence-corrected chi connectivity index (χ1v) is 8.49. The third kappa shape index (κ3) is 3.15. The molecule has 2 aliphatic heterocycles. The highest BCUT2D eigenvalue weighted by molar-refractivity contribution is 7.99. The number of hydrogen-bond acceptors (Lipinski definition) is 3. The number of hydrogen-bond donors (Lipinski definition) is 1. The predicted molar refractivity (Wildman–Crippen MR) is 82.7 cm³/mol. The monoisotopic (exact) mass is 276 g/mol. The third-order valence-electron chi connectivity index (χ3n) is 4.46. The van der Waals surface area contributed by atoms with Crippen molar-refractivity contribution in [3.8, 4) is 0 Å². The van der Waals surface area contributed by atoms with E-state index in [1.165, 1.54) is 49.5 Å². The molecule has 104 valence electrons. The highest BCUT2D eigenvalue weighted by Crippen LogP contribution is 2.40. The molecule has 0 spiro atoms. The van der Waals surface area contributed by atoms with E-state index in [9.17, 15) is 0 Å². The number of fused-ring (bicyclic) bond motifs is 1. The van der Waals surface area contributed by atoms with Crippen LogP contribution in [0.25, 0.3) is 0 Å². The van der Waals surface area contributed by atoms with E-state index in [4.69, 9.17) is 5.73 Å². The van der Waals surface area contributed by atoms with Crippen LogP contribution >= 0.6 is 11.8 Å². The molecule has 2 heterocycles. The molecule has 19 heavy (non-hydrogen) atoms. The summed E-state index contributed by atoms with van der Waals surface area (Å²) in [5, 5.41) is 0. The predicted octanol–water partition coefficient (Wildman–Crippen LogP) is 2.94. The maximum atomic E-state index is 5.71. The number of benzene rings is 1. The maximum absolute atomic E-state index is 5.71. The van der Waals surface area contributed by atoms with Gasteiger partial charge in [0.1, 0.15) is 0 Å². The van der Waals surface area contributed by atoms with Crippen molar-refractivity contribution in [2.24, 2.45) is 11.7 Å². The molecule has 0 aliphatic carbocycles. The topological polar surface area (TPSA) is 29.3 Å². The minimum Gasteiger partial charge on any atom is -0.330 e. The van der Waals surface area contributed by atoms with Gasteiger partial charge in [0, 0.05) is 29.7 Å². The van der Waals surface area contributed by atoms with E-state index in [-0.39, 0.29) is 0 Å². The molecule has 0 saturated carbocycles. The first kappa shape index (κ1) is 13.5. The van der Waals surface area contributed by atoms with Crippen LogP contribution < -0.4 is 5.73 Å². The first-order valence-electron chi connectivity index (χ1n) is 7.51. The van der Waals surface area contributed by atoms with Crippen LogP contribution in [0, 0.1) is 5.92 Å². The second kappa shape index (κ2) is 6.29. The van der Waals surface area contributed by atoms with E-state index >= 15 is 0 Å². The quantitative estimate of drug-likeness (QED) is 0.917. The van der Waals surface area contributed by atoms with Crippen LogP contribution in [0.4, 0.5) is 0 Å². The fraction of sp³-hybridized carbons (Fsp3) is 0.625. The van der Waals surface area contributed by atoms with Gasteiger partial charge in [-0.15, -0.1) is 11.8 Å². The Bertz CT molecular complexity index is 419. The van der Waals surface area contributed by atoms with Crippen molar-refractivity contribution in [3.05, 3.63) is 29.8 Å². The summed E-state index contributed by atoms with van der Waals surface area (Å²) in [5.74, 6) is 2.83. The molecule has 3 heteroatoms. The molecule has 2 unspecified atom stereocenters. The molecule has 1 aromatic rings.